The van der Waals surface area contributed by atoms with Crippen molar-refractivity contribution < 1.29 is 4.79 Å². The van der Waals surface area contributed by atoms with Gasteiger partial charge in [-0.25, -0.2) is 0 Å². The molecular formula is C15H15N3O. The van der Waals surface area contributed by atoms with Gasteiger partial charge in [-0.15, -0.1) is 0 Å². The van der Waals surface area contributed by atoms with E-state index in [0.29, 0.717) is 5.56 Å². The van der Waals surface area contributed by atoms with Gasteiger partial charge in [0.25, 0.3) is 0 Å². The predicted octanol–water partition coefficient (Wildman–Crippen LogP) is 4.67. The molecular weight excluding hydrogens is 238 g/mol. The molecule has 1 rings (SSSR count). The van der Waals surface area contributed by atoms with E-state index in [0.717, 1.165) is 16.7 Å². The third-order valence-electron chi connectivity index (χ3n) is 2.72. The smallest absolute Gasteiger partial charge is 0.249 e. The van der Waals surface area contributed by atoms with Crippen molar-refractivity contribution in [3.05, 3.63) is 76.2 Å². The van der Waals surface area contributed by atoms with Crippen LogP contribution in [0.4, 0.5) is 0 Å². The topological polar surface area (TPSA) is 65.8 Å². The molecule has 0 aliphatic carbocycles. The van der Waals surface area contributed by atoms with Crippen molar-refractivity contribution in [3.8, 4) is 0 Å². The molecule has 4 nitrogen and oxygen atoms in total. The van der Waals surface area contributed by atoms with Crippen molar-refractivity contribution in [3.63, 3.8) is 0 Å². The van der Waals surface area contributed by atoms with E-state index in [1.807, 2.05) is 38.1 Å². The van der Waals surface area contributed by atoms with Crippen molar-refractivity contribution in [1.82, 2.24) is 0 Å². The van der Waals surface area contributed by atoms with Crippen LogP contribution in [0.2, 0.25) is 0 Å². The highest BCUT2D eigenvalue weighted by atomic mass is 16.1. The monoisotopic (exact) mass is 253 g/mol. The van der Waals surface area contributed by atoms with Gasteiger partial charge in [-0.1, -0.05) is 49.1 Å². The Morgan fingerprint density at radius 1 is 1.32 bits per heavy atom. The average molecular weight is 253 g/mol. The van der Waals surface area contributed by atoms with Crippen LogP contribution in [0, 0.1) is 0 Å². The van der Waals surface area contributed by atoms with Gasteiger partial charge in [0.05, 0.1) is 0 Å². The number of nitrogens with zero attached hydrogens (tertiary/aromatic N) is 3. The fraction of sp³-hybridized carbons (Fsp3) is 0.133. The van der Waals surface area contributed by atoms with E-state index in [1.54, 1.807) is 18.2 Å². The lowest BCUT2D eigenvalue weighted by Gasteiger charge is -2.08. The molecule has 0 spiro atoms. The standard InChI is InChI=1S/C15H15N3O/c1-4-6-14(11(3)5-2)12-7-9-13(10-8-12)15(19)17-18-16/h4-10H,1H2,2-3H3/b11-5-,14-6+. The minimum atomic E-state index is -0.578. The minimum Gasteiger partial charge on any atom is -0.287 e. The molecule has 0 aliphatic heterocycles. The SMILES string of the molecule is C=C/C=C(\C(C)=C/C)c1ccc(C(=O)N=[N+]=[N-])cc1. The van der Waals surface area contributed by atoms with Crippen LogP contribution in [0.25, 0.3) is 16.0 Å². The molecule has 19 heavy (non-hydrogen) atoms. The highest BCUT2D eigenvalue weighted by Crippen LogP contribution is 2.23. The summed E-state index contributed by atoms with van der Waals surface area (Å²) in [4.78, 5) is 13.9. The summed E-state index contributed by atoms with van der Waals surface area (Å²) < 4.78 is 0. The Bertz CT molecular complexity index is 588. The van der Waals surface area contributed by atoms with Crippen molar-refractivity contribution in [1.29, 1.82) is 0 Å². The summed E-state index contributed by atoms with van der Waals surface area (Å²) in [7, 11) is 0. The second-order valence-corrected chi connectivity index (χ2v) is 3.86. The summed E-state index contributed by atoms with van der Waals surface area (Å²) in [6.07, 6.45) is 5.65. The molecule has 4 heteroatoms. The van der Waals surface area contributed by atoms with Crippen LogP contribution in [-0.2, 0) is 0 Å². The first-order chi connectivity index (χ1) is 9.13. The number of hydrogen-bond acceptors (Lipinski definition) is 1. The Morgan fingerprint density at radius 3 is 2.37 bits per heavy atom. The molecule has 0 heterocycles. The van der Waals surface area contributed by atoms with E-state index < -0.39 is 5.91 Å². The number of hydrogen-bond donors (Lipinski definition) is 0. The zero-order chi connectivity index (χ0) is 14.3. The maximum absolute atomic E-state index is 11.4. The van der Waals surface area contributed by atoms with Gasteiger partial charge < -0.3 is 0 Å². The van der Waals surface area contributed by atoms with E-state index in [2.05, 4.69) is 16.6 Å². The summed E-state index contributed by atoms with van der Waals surface area (Å²) in [5.41, 5.74) is 11.7. The van der Waals surface area contributed by atoms with Crippen LogP contribution in [-0.4, -0.2) is 5.91 Å². The van der Waals surface area contributed by atoms with Gasteiger partial charge in [0.2, 0.25) is 5.91 Å². The second kappa shape index (κ2) is 6.99. The van der Waals surface area contributed by atoms with Gasteiger partial charge in [-0.05, 0) is 41.2 Å². The van der Waals surface area contributed by atoms with Crippen molar-refractivity contribution in [2.75, 3.05) is 0 Å². The molecule has 0 aliphatic rings. The van der Waals surface area contributed by atoms with Crippen LogP contribution >= 0.6 is 0 Å². The van der Waals surface area contributed by atoms with Crippen molar-refractivity contribution in [2.24, 2.45) is 5.11 Å². The van der Waals surface area contributed by atoms with Gasteiger partial charge in [0, 0.05) is 10.5 Å². The Labute approximate surface area is 112 Å². The Hall–Kier alpha value is -2.58. The number of carbonyl (C=O) groups excluding carboxylic acids is 1. The molecule has 0 aromatic heterocycles. The molecule has 0 unspecified atom stereocenters. The highest BCUT2D eigenvalue weighted by Gasteiger charge is 2.06. The maximum Gasteiger partial charge on any atom is 0.249 e. The summed E-state index contributed by atoms with van der Waals surface area (Å²) >= 11 is 0. The molecule has 0 atom stereocenters. The number of azide groups is 1. The van der Waals surface area contributed by atoms with E-state index in [-0.39, 0.29) is 0 Å². The number of rotatable bonds is 4. The highest BCUT2D eigenvalue weighted by molar-refractivity contribution is 5.95. The first-order valence-electron chi connectivity index (χ1n) is 5.80. The number of allylic oxidation sites excluding steroid dienone is 5. The predicted molar refractivity (Wildman–Crippen MR) is 77.5 cm³/mol. The van der Waals surface area contributed by atoms with E-state index >= 15 is 0 Å². The van der Waals surface area contributed by atoms with Crippen molar-refractivity contribution >= 4 is 11.5 Å². The zero-order valence-electron chi connectivity index (χ0n) is 11.0. The van der Waals surface area contributed by atoms with Crippen molar-refractivity contribution in [2.45, 2.75) is 13.8 Å². The first-order valence-corrected chi connectivity index (χ1v) is 5.80. The molecule has 1 aromatic carbocycles. The Morgan fingerprint density at radius 2 is 1.89 bits per heavy atom. The Balaban J connectivity index is 3.16. The van der Waals surface area contributed by atoms with Gasteiger partial charge in [-0.2, -0.15) is 0 Å². The summed E-state index contributed by atoms with van der Waals surface area (Å²) in [6.45, 7) is 7.67. The number of carbonyl (C=O) groups is 1. The van der Waals surface area contributed by atoms with Gasteiger partial charge in [-0.3, -0.25) is 4.79 Å². The molecule has 0 bridgehead atoms. The molecule has 0 saturated carbocycles. The zero-order valence-corrected chi connectivity index (χ0v) is 11.0. The van der Waals surface area contributed by atoms with Crippen LogP contribution in [0.1, 0.15) is 29.8 Å². The van der Waals surface area contributed by atoms with Crippen LogP contribution in [0.3, 0.4) is 0 Å². The van der Waals surface area contributed by atoms with Gasteiger partial charge >= 0.3 is 0 Å². The third-order valence-corrected chi connectivity index (χ3v) is 2.72. The quantitative estimate of drug-likeness (QED) is 0.332. The summed E-state index contributed by atoms with van der Waals surface area (Å²) in [5, 5.41) is 3.06. The fourth-order valence-corrected chi connectivity index (χ4v) is 1.62. The molecule has 1 amide bonds. The largest absolute Gasteiger partial charge is 0.287 e. The van der Waals surface area contributed by atoms with Crippen LogP contribution < -0.4 is 0 Å². The molecule has 0 saturated heterocycles. The maximum atomic E-state index is 11.4. The molecule has 0 N–H and O–H groups in total. The summed E-state index contributed by atoms with van der Waals surface area (Å²) in [6, 6.07) is 6.93. The molecule has 0 radical (unpaired) electrons. The minimum absolute atomic E-state index is 0.373. The first kappa shape index (κ1) is 14.5. The second-order valence-electron chi connectivity index (χ2n) is 3.86. The summed E-state index contributed by atoms with van der Waals surface area (Å²) in [5.74, 6) is -0.578. The van der Waals surface area contributed by atoms with Gasteiger partial charge in [0.1, 0.15) is 0 Å². The molecule has 1 aromatic rings. The van der Waals surface area contributed by atoms with Gasteiger partial charge in [0.15, 0.2) is 0 Å². The Kier molecular flexibility index (Phi) is 5.33. The molecule has 96 valence electrons. The lowest BCUT2D eigenvalue weighted by molar-refractivity contribution is 0.100. The lowest BCUT2D eigenvalue weighted by atomic mass is 9.97. The lowest BCUT2D eigenvalue weighted by Crippen LogP contribution is -1.94. The van der Waals surface area contributed by atoms with Crippen LogP contribution in [0.5, 0.6) is 0 Å². The number of amides is 1. The normalized spacial score (nSPS) is 11.7. The average Bonchev–Trinajstić information content (AvgIpc) is 2.44. The van der Waals surface area contributed by atoms with E-state index in [1.165, 1.54) is 0 Å². The molecule has 0 fully saturated rings. The van der Waals surface area contributed by atoms with E-state index in [9.17, 15) is 4.79 Å². The number of benzene rings is 1. The fourth-order valence-electron chi connectivity index (χ4n) is 1.62. The van der Waals surface area contributed by atoms with E-state index in [4.69, 9.17) is 5.53 Å². The third kappa shape index (κ3) is 3.69. The van der Waals surface area contributed by atoms with Crippen LogP contribution in [0.15, 0.2) is 59.8 Å².